The number of carbonyl (C=O) groups is 1. The number of hydrogen-bond acceptors (Lipinski definition) is 5. The Labute approximate surface area is 121 Å². The van der Waals surface area contributed by atoms with E-state index >= 15 is 0 Å². The van der Waals surface area contributed by atoms with E-state index in [1.807, 2.05) is 30.3 Å². The van der Waals surface area contributed by atoms with E-state index in [-0.39, 0.29) is 11.6 Å². The van der Waals surface area contributed by atoms with Gasteiger partial charge in [-0.1, -0.05) is 30.3 Å². The lowest BCUT2D eigenvalue weighted by Gasteiger charge is -2.08. The van der Waals surface area contributed by atoms with Crippen molar-refractivity contribution < 1.29 is 18.3 Å². The number of anilines is 1. The molecule has 1 aromatic carbocycles. The number of carboxylic acids is 1. The maximum atomic E-state index is 12.0. The van der Waals surface area contributed by atoms with Crippen molar-refractivity contribution in [2.45, 2.75) is 6.42 Å². The van der Waals surface area contributed by atoms with Crippen LogP contribution in [0.2, 0.25) is 0 Å². The monoisotopic (exact) mass is 307 g/mol. The quantitative estimate of drug-likeness (QED) is 0.828. The summed E-state index contributed by atoms with van der Waals surface area (Å²) >= 11 is 0. The van der Waals surface area contributed by atoms with E-state index in [9.17, 15) is 13.2 Å². The Hall–Kier alpha value is -2.48. The second-order valence-electron chi connectivity index (χ2n) is 4.22. The largest absolute Gasteiger partial charge is 0.476 e. The number of hydrogen-bond donors (Lipinski definition) is 2. The minimum Gasteiger partial charge on any atom is -0.476 e. The van der Waals surface area contributed by atoms with Crippen LogP contribution >= 0.6 is 0 Å². The molecule has 0 saturated carbocycles. The van der Waals surface area contributed by atoms with Crippen molar-refractivity contribution in [2.24, 2.45) is 0 Å². The molecule has 7 nitrogen and oxygen atoms in total. The number of aromatic nitrogens is 2. The fourth-order valence-corrected chi connectivity index (χ4v) is 2.71. The van der Waals surface area contributed by atoms with Gasteiger partial charge in [0.2, 0.25) is 10.0 Å². The minimum atomic E-state index is -3.70. The SMILES string of the molecule is O=C(O)c1nccnc1NS(=O)(=O)CCc1ccccc1. The summed E-state index contributed by atoms with van der Waals surface area (Å²) in [5, 5.41) is 8.93. The Morgan fingerprint density at radius 3 is 2.48 bits per heavy atom. The summed E-state index contributed by atoms with van der Waals surface area (Å²) < 4.78 is 26.1. The van der Waals surface area contributed by atoms with Gasteiger partial charge in [-0.3, -0.25) is 4.72 Å². The molecule has 0 aliphatic heterocycles. The molecule has 0 amide bonds. The van der Waals surface area contributed by atoms with Crippen molar-refractivity contribution >= 4 is 21.8 Å². The molecule has 8 heteroatoms. The Balaban J connectivity index is 2.10. The molecular weight excluding hydrogens is 294 g/mol. The normalized spacial score (nSPS) is 11.0. The zero-order valence-corrected chi connectivity index (χ0v) is 11.7. The van der Waals surface area contributed by atoms with Gasteiger partial charge in [0.05, 0.1) is 5.75 Å². The van der Waals surface area contributed by atoms with Gasteiger partial charge in [0.25, 0.3) is 0 Å². The number of benzene rings is 1. The van der Waals surface area contributed by atoms with Crippen LogP contribution in [-0.4, -0.2) is 35.2 Å². The Morgan fingerprint density at radius 1 is 1.14 bits per heavy atom. The van der Waals surface area contributed by atoms with Crippen molar-refractivity contribution in [1.82, 2.24) is 9.97 Å². The van der Waals surface area contributed by atoms with Crippen molar-refractivity contribution in [1.29, 1.82) is 0 Å². The highest BCUT2D eigenvalue weighted by molar-refractivity contribution is 7.92. The molecule has 0 bridgehead atoms. The van der Waals surface area contributed by atoms with Crippen LogP contribution in [0.15, 0.2) is 42.7 Å². The van der Waals surface area contributed by atoms with E-state index in [2.05, 4.69) is 14.7 Å². The molecule has 0 aliphatic carbocycles. The number of rotatable bonds is 6. The maximum absolute atomic E-state index is 12.0. The highest BCUT2D eigenvalue weighted by Crippen LogP contribution is 2.11. The molecular formula is C13H13N3O4S. The predicted octanol–water partition coefficient (Wildman–Crippen LogP) is 1.16. The van der Waals surface area contributed by atoms with Gasteiger partial charge in [-0.2, -0.15) is 0 Å². The number of nitrogens with one attached hydrogen (secondary N) is 1. The third kappa shape index (κ3) is 4.25. The van der Waals surface area contributed by atoms with Crippen molar-refractivity contribution in [3.05, 3.63) is 54.0 Å². The highest BCUT2D eigenvalue weighted by atomic mass is 32.2. The van der Waals surface area contributed by atoms with Crippen molar-refractivity contribution in [2.75, 3.05) is 10.5 Å². The van der Waals surface area contributed by atoms with Crippen LogP contribution < -0.4 is 4.72 Å². The first-order valence-corrected chi connectivity index (χ1v) is 7.72. The summed E-state index contributed by atoms with van der Waals surface area (Å²) in [4.78, 5) is 18.2. The number of carboxylic acid groups (broad SMARTS) is 1. The summed E-state index contributed by atoms with van der Waals surface area (Å²) in [5.41, 5.74) is 0.446. The van der Waals surface area contributed by atoms with Crippen molar-refractivity contribution in [3.63, 3.8) is 0 Å². The molecule has 1 aromatic heterocycles. The summed E-state index contributed by atoms with van der Waals surface area (Å²) in [6.07, 6.45) is 2.73. The van der Waals surface area contributed by atoms with Crippen LogP contribution in [0.5, 0.6) is 0 Å². The summed E-state index contributed by atoms with van der Waals surface area (Å²) in [6, 6.07) is 9.12. The van der Waals surface area contributed by atoms with Crippen LogP contribution in [0.25, 0.3) is 0 Å². The maximum Gasteiger partial charge on any atom is 0.358 e. The Kier molecular flexibility index (Phi) is 4.49. The number of sulfonamides is 1. The number of nitrogens with zero attached hydrogens (tertiary/aromatic N) is 2. The molecule has 0 aliphatic rings. The van der Waals surface area contributed by atoms with Crippen LogP contribution in [-0.2, 0) is 16.4 Å². The molecule has 0 fully saturated rings. The summed E-state index contributed by atoms with van der Waals surface area (Å²) in [6.45, 7) is 0. The van der Waals surface area contributed by atoms with Gasteiger partial charge in [-0.15, -0.1) is 0 Å². The van der Waals surface area contributed by atoms with E-state index in [1.54, 1.807) is 0 Å². The Morgan fingerprint density at radius 2 is 1.81 bits per heavy atom. The lowest BCUT2D eigenvalue weighted by Crippen LogP contribution is -2.21. The molecule has 0 unspecified atom stereocenters. The number of aromatic carboxylic acids is 1. The topological polar surface area (TPSA) is 109 Å². The minimum absolute atomic E-state index is 0.174. The molecule has 0 atom stereocenters. The van der Waals surface area contributed by atoms with Gasteiger partial charge in [0.1, 0.15) is 0 Å². The molecule has 0 saturated heterocycles. The lowest BCUT2D eigenvalue weighted by atomic mass is 10.2. The van der Waals surface area contributed by atoms with Crippen LogP contribution in [0.3, 0.4) is 0 Å². The average Bonchev–Trinajstić information content (AvgIpc) is 2.46. The lowest BCUT2D eigenvalue weighted by molar-refractivity contribution is 0.0691. The second kappa shape index (κ2) is 6.31. The van der Waals surface area contributed by atoms with E-state index in [4.69, 9.17) is 5.11 Å². The standard InChI is InChI=1S/C13H13N3O4S/c17-13(18)11-12(15-8-7-14-11)16-21(19,20)9-6-10-4-2-1-3-5-10/h1-5,7-8H,6,9H2,(H,15,16)(H,17,18). The summed E-state index contributed by atoms with van der Waals surface area (Å²) in [7, 11) is -3.70. The van der Waals surface area contributed by atoms with Gasteiger partial charge in [0, 0.05) is 12.4 Å². The van der Waals surface area contributed by atoms with Crippen LogP contribution in [0.1, 0.15) is 16.1 Å². The van der Waals surface area contributed by atoms with E-state index in [1.165, 1.54) is 12.4 Å². The fourth-order valence-electron chi connectivity index (χ4n) is 1.66. The van der Waals surface area contributed by atoms with Crippen molar-refractivity contribution in [3.8, 4) is 0 Å². The average molecular weight is 307 g/mol. The Bertz CT molecular complexity index is 732. The van der Waals surface area contributed by atoms with Crippen LogP contribution in [0, 0.1) is 0 Å². The molecule has 0 spiro atoms. The van der Waals surface area contributed by atoms with E-state index < -0.39 is 21.7 Å². The fraction of sp³-hybridized carbons (Fsp3) is 0.154. The number of aryl methyl sites for hydroxylation is 1. The van der Waals surface area contributed by atoms with Crippen LogP contribution in [0.4, 0.5) is 5.82 Å². The summed E-state index contributed by atoms with van der Waals surface area (Å²) in [5.74, 6) is -1.80. The van der Waals surface area contributed by atoms with Gasteiger partial charge < -0.3 is 5.11 Å². The molecule has 2 aromatic rings. The zero-order valence-electron chi connectivity index (χ0n) is 10.9. The smallest absolute Gasteiger partial charge is 0.358 e. The van der Waals surface area contributed by atoms with Gasteiger partial charge in [-0.25, -0.2) is 23.2 Å². The van der Waals surface area contributed by atoms with Gasteiger partial charge in [-0.05, 0) is 12.0 Å². The van der Waals surface area contributed by atoms with E-state index in [0.29, 0.717) is 6.42 Å². The molecule has 21 heavy (non-hydrogen) atoms. The molecule has 2 N–H and O–H groups in total. The van der Waals surface area contributed by atoms with E-state index in [0.717, 1.165) is 5.56 Å². The second-order valence-corrected chi connectivity index (χ2v) is 6.06. The molecule has 0 radical (unpaired) electrons. The predicted molar refractivity (Wildman–Crippen MR) is 76.5 cm³/mol. The highest BCUT2D eigenvalue weighted by Gasteiger charge is 2.18. The zero-order chi connectivity index (χ0) is 15.3. The first-order valence-electron chi connectivity index (χ1n) is 6.07. The third-order valence-electron chi connectivity index (χ3n) is 2.66. The first kappa shape index (κ1) is 14.9. The third-order valence-corrected chi connectivity index (χ3v) is 3.90. The van der Waals surface area contributed by atoms with Gasteiger partial charge in [0.15, 0.2) is 11.5 Å². The molecule has 2 rings (SSSR count). The van der Waals surface area contributed by atoms with Gasteiger partial charge >= 0.3 is 5.97 Å². The molecule has 110 valence electrons. The molecule has 1 heterocycles. The first-order chi connectivity index (χ1) is 9.98.